The highest BCUT2D eigenvalue weighted by Gasteiger charge is 2.07. The van der Waals surface area contributed by atoms with E-state index in [1.807, 2.05) is 31.1 Å². The van der Waals surface area contributed by atoms with E-state index in [9.17, 15) is 4.79 Å². The zero-order chi connectivity index (χ0) is 11.5. The van der Waals surface area contributed by atoms with Crippen molar-refractivity contribution in [2.75, 3.05) is 19.0 Å². The maximum atomic E-state index is 11.9. The molecule has 0 unspecified atom stereocenters. The number of carbonyl (C=O) groups is 1. The van der Waals surface area contributed by atoms with E-state index in [-0.39, 0.29) is 5.91 Å². The smallest absolute Gasteiger partial charge is 0.278 e. The maximum Gasteiger partial charge on any atom is 0.278 e. The van der Waals surface area contributed by atoms with Crippen molar-refractivity contribution in [1.82, 2.24) is 9.78 Å². The number of benzene rings is 1. The lowest BCUT2D eigenvalue weighted by molar-refractivity contribution is 0.0945. The van der Waals surface area contributed by atoms with Gasteiger partial charge in [-0.3, -0.25) is 4.79 Å². The van der Waals surface area contributed by atoms with Gasteiger partial charge in [0.1, 0.15) is 0 Å². The van der Waals surface area contributed by atoms with Crippen LogP contribution in [0.4, 0.5) is 5.69 Å². The Labute approximate surface area is 94.1 Å². The minimum Gasteiger partial charge on any atom is -0.378 e. The summed E-state index contributed by atoms with van der Waals surface area (Å²) in [7, 11) is 3.93. The van der Waals surface area contributed by atoms with Crippen LogP contribution in [0.1, 0.15) is 10.4 Å². The van der Waals surface area contributed by atoms with Gasteiger partial charge in [-0.2, -0.15) is 5.10 Å². The molecular weight excluding hydrogens is 202 g/mol. The Morgan fingerprint density at radius 1 is 1.25 bits per heavy atom. The molecule has 0 fully saturated rings. The van der Waals surface area contributed by atoms with E-state index < -0.39 is 0 Å². The standard InChI is InChI=1S/C12H13N3O/c1-14(2)11-6-4-10(5-7-11)12(16)15-9-3-8-13-15/h3-9H,1-2H3. The lowest BCUT2D eigenvalue weighted by Gasteiger charge is -2.12. The second-order valence-corrected chi connectivity index (χ2v) is 3.70. The molecule has 1 aromatic carbocycles. The third-order valence-corrected chi connectivity index (χ3v) is 2.34. The number of rotatable bonds is 2. The third-order valence-electron chi connectivity index (χ3n) is 2.34. The SMILES string of the molecule is CN(C)c1ccc(C(=O)n2cccn2)cc1. The molecule has 0 aliphatic rings. The fourth-order valence-corrected chi connectivity index (χ4v) is 1.42. The van der Waals surface area contributed by atoms with Crippen molar-refractivity contribution in [3.63, 3.8) is 0 Å². The van der Waals surface area contributed by atoms with Crippen molar-refractivity contribution in [3.8, 4) is 0 Å². The number of aromatic nitrogens is 2. The largest absolute Gasteiger partial charge is 0.378 e. The van der Waals surface area contributed by atoms with Crippen LogP contribution in [0.15, 0.2) is 42.7 Å². The van der Waals surface area contributed by atoms with Crippen molar-refractivity contribution in [3.05, 3.63) is 48.3 Å². The number of carbonyl (C=O) groups excluding carboxylic acids is 1. The van der Waals surface area contributed by atoms with Crippen molar-refractivity contribution in [2.24, 2.45) is 0 Å². The maximum absolute atomic E-state index is 11.9. The Hall–Kier alpha value is -2.10. The van der Waals surface area contributed by atoms with Gasteiger partial charge in [0.05, 0.1) is 0 Å². The van der Waals surface area contributed by atoms with E-state index in [0.717, 1.165) is 5.69 Å². The normalized spacial score (nSPS) is 10.1. The minimum absolute atomic E-state index is 0.115. The van der Waals surface area contributed by atoms with Gasteiger partial charge in [-0.05, 0) is 30.3 Å². The Morgan fingerprint density at radius 3 is 2.44 bits per heavy atom. The fourth-order valence-electron chi connectivity index (χ4n) is 1.42. The molecule has 0 N–H and O–H groups in total. The van der Waals surface area contributed by atoms with Gasteiger partial charge in [0.25, 0.3) is 5.91 Å². The van der Waals surface area contributed by atoms with Gasteiger partial charge < -0.3 is 4.90 Å². The molecule has 0 saturated carbocycles. The molecule has 1 heterocycles. The highest BCUT2D eigenvalue weighted by atomic mass is 16.2. The molecule has 0 aliphatic carbocycles. The van der Waals surface area contributed by atoms with Gasteiger partial charge in [0.2, 0.25) is 0 Å². The van der Waals surface area contributed by atoms with Gasteiger partial charge in [-0.15, -0.1) is 0 Å². The molecule has 0 aliphatic heterocycles. The number of hydrogen-bond acceptors (Lipinski definition) is 3. The minimum atomic E-state index is -0.115. The van der Waals surface area contributed by atoms with E-state index in [1.165, 1.54) is 4.68 Å². The summed E-state index contributed by atoms with van der Waals surface area (Å²) in [5, 5.41) is 3.91. The van der Waals surface area contributed by atoms with Crippen LogP contribution in [0.2, 0.25) is 0 Å². The summed E-state index contributed by atoms with van der Waals surface area (Å²) in [6.07, 6.45) is 3.23. The summed E-state index contributed by atoms with van der Waals surface area (Å²) in [5.74, 6) is -0.115. The van der Waals surface area contributed by atoms with Gasteiger partial charge in [-0.1, -0.05) is 0 Å². The lowest BCUT2D eigenvalue weighted by Crippen LogP contribution is -2.13. The molecule has 1 aromatic heterocycles. The molecule has 0 atom stereocenters. The first kappa shape index (κ1) is 10.4. The van der Waals surface area contributed by atoms with Gasteiger partial charge in [0.15, 0.2) is 0 Å². The van der Waals surface area contributed by atoms with E-state index in [1.54, 1.807) is 30.6 Å². The van der Waals surface area contributed by atoms with E-state index in [4.69, 9.17) is 0 Å². The lowest BCUT2D eigenvalue weighted by atomic mass is 10.2. The molecule has 0 spiro atoms. The average molecular weight is 215 g/mol. The van der Waals surface area contributed by atoms with Gasteiger partial charge in [0, 0.05) is 37.7 Å². The average Bonchev–Trinajstić information content (AvgIpc) is 2.81. The molecule has 2 rings (SSSR count). The Bertz CT molecular complexity index is 471. The van der Waals surface area contributed by atoms with Crippen LogP contribution in [0, 0.1) is 0 Å². The Balaban J connectivity index is 2.25. The Kier molecular flexibility index (Phi) is 2.72. The number of hydrogen-bond donors (Lipinski definition) is 0. The monoisotopic (exact) mass is 215 g/mol. The van der Waals surface area contributed by atoms with Gasteiger partial charge >= 0.3 is 0 Å². The number of nitrogens with zero attached hydrogens (tertiary/aromatic N) is 3. The summed E-state index contributed by atoms with van der Waals surface area (Å²) in [6, 6.07) is 9.16. The Morgan fingerprint density at radius 2 is 1.94 bits per heavy atom. The summed E-state index contributed by atoms with van der Waals surface area (Å²) in [6.45, 7) is 0. The van der Waals surface area contributed by atoms with Crippen LogP contribution in [0.5, 0.6) is 0 Å². The van der Waals surface area contributed by atoms with Crippen LogP contribution < -0.4 is 4.90 Å². The quantitative estimate of drug-likeness (QED) is 0.764. The van der Waals surface area contributed by atoms with E-state index >= 15 is 0 Å². The van der Waals surface area contributed by atoms with E-state index in [2.05, 4.69) is 5.10 Å². The van der Waals surface area contributed by atoms with Crippen LogP contribution in [-0.2, 0) is 0 Å². The van der Waals surface area contributed by atoms with E-state index in [0.29, 0.717) is 5.56 Å². The predicted octanol–water partition coefficient (Wildman–Crippen LogP) is 1.64. The summed E-state index contributed by atoms with van der Waals surface area (Å²) in [5.41, 5.74) is 1.70. The molecule has 0 saturated heterocycles. The van der Waals surface area contributed by atoms with Crippen LogP contribution in [0.3, 0.4) is 0 Å². The zero-order valence-corrected chi connectivity index (χ0v) is 9.29. The van der Waals surface area contributed by atoms with Crippen molar-refractivity contribution in [1.29, 1.82) is 0 Å². The predicted molar refractivity (Wildman–Crippen MR) is 62.7 cm³/mol. The molecular formula is C12H13N3O. The second-order valence-electron chi connectivity index (χ2n) is 3.70. The molecule has 0 radical (unpaired) electrons. The highest BCUT2D eigenvalue weighted by Crippen LogP contribution is 2.12. The topological polar surface area (TPSA) is 38.1 Å². The first-order chi connectivity index (χ1) is 7.68. The van der Waals surface area contributed by atoms with Gasteiger partial charge in [-0.25, -0.2) is 4.68 Å². The molecule has 0 amide bonds. The second kappa shape index (κ2) is 4.18. The third kappa shape index (κ3) is 1.95. The van der Waals surface area contributed by atoms with Crippen LogP contribution >= 0.6 is 0 Å². The summed E-state index contributed by atoms with van der Waals surface area (Å²) in [4.78, 5) is 13.9. The zero-order valence-electron chi connectivity index (χ0n) is 9.29. The molecule has 2 aromatic rings. The highest BCUT2D eigenvalue weighted by molar-refractivity contribution is 5.95. The molecule has 0 bridgehead atoms. The molecule has 4 heteroatoms. The molecule has 82 valence electrons. The molecule has 16 heavy (non-hydrogen) atoms. The fraction of sp³-hybridized carbons (Fsp3) is 0.167. The van der Waals surface area contributed by atoms with Crippen molar-refractivity contribution in [2.45, 2.75) is 0 Å². The first-order valence-corrected chi connectivity index (χ1v) is 5.00. The first-order valence-electron chi connectivity index (χ1n) is 5.00. The van der Waals surface area contributed by atoms with Crippen molar-refractivity contribution >= 4 is 11.6 Å². The molecule has 4 nitrogen and oxygen atoms in total. The van der Waals surface area contributed by atoms with Crippen LogP contribution in [-0.4, -0.2) is 29.8 Å². The summed E-state index contributed by atoms with van der Waals surface area (Å²) < 4.78 is 1.32. The summed E-state index contributed by atoms with van der Waals surface area (Å²) >= 11 is 0. The van der Waals surface area contributed by atoms with Crippen LogP contribution in [0.25, 0.3) is 0 Å². The number of anilines is 1. The van der Waals surface area contributed by atoms with Crippen molar-refractivity contribution < 1.29 is 4.79 Å².